The van der Waals surface area contributed by atoms with Gasteiger partial charge < -0.3 is 20.3 Å². The number of imidazole rings is 1. The first-order valence-corrected chi connectivity index (χ1v) is 8.91. The highest BCUT2D eigenvalue weighted by atomic mass is 16.5. The molecular formula is C20H19N3O6. The van der Waals surface area contributed by atoms with Gasteiger partial charge in [-0.1, -0.05) is 6.92 Å². The molecular weight excluding hydrogens is 378 g/mol. The van der Waals surface area contributed by atoms with Crippen LogP contribution in [0.4, 0.5) is 5.69 Å². The summed E-state index contributed by atoms with van der Waals surface area (Å²) in [5.41, 5.74) is 0.858. The lowest BCUT2D eigenvalue weighted by molar-refractivity contribution is 0.0696. The van der Waals surface area contributed by atoms with Gasteiger partial charge in [0.25, 0.3) is 5.91 Å². The number of ether oxygens (including phenoxy) is 1. The third-order valence-corrected chi connectivity index (χ3v) is 4.22. The molecule has 3 aromatic rings. The second-order valence-electron chi connectivity index (χ2n) is 6.12. The SMILES string of the molecule is CCOc1cccn2c(C(=O)Nc3cc(C(=O)O)cc(C(=O)O)c3)c(CC)nc12. The number of nitrogens with zero attached hydrogens (tertiary/aromatic N) is 2. The fourth-order valence-electron chi connectivity index (χ4n) is 2.98. The molecule has 0 saturated heterocycles. The van der Waals surface area contributed by atoms with Gasteiger partial charge in [0, 0.05) is 11.9 Å². The smallest absolute Gasteiger partial charge is 0.335 e. The van der Waals surface area contributed by atoms with Crippen molar-refractivity contribution in [3.05, 3.63) is 59.0 Å². The van der Waals surface area contributed by atoms with Crippen LogP contribution in [0.15, 0.2) is 36.5 Å². The third-order valence-electron chi connectivity index (χ3n) is 4.22. The molecule has 29 heavy (non-hydrogen) atoms. The number of aryl methyl sites for hydroxylation is 1. The number of nitrogens with one attached hydrogen (secondary N) is 1. The summed E-state index contributed by atoms with van der Waals surface area (Å²) in [7, 11) is 0. The number of hydrogen-bond donors (Lipinski definition) is 3. The van der Waals surface area contributed by atoms with Crippen LogP contribution in [0.1, 0.15) is 50.7 Å². The Morgan fingerprint density at radius 2 is 1.76 bits per heavy atom. The van der Waals surface area contributed by atoms with Gasteiger partial charge in [-0.25, -0.2) is 14.6 Å². The van der Waals surface area contributed by atoms with Crippen molar-refractivity contribution in [2.24, 2.45) is 0 Å². The van der Waals surface area contributed by atoms with Gasteiger partial charge in [-0.15, -0.1) is 0 Å². The molecule has 0 aliphatic rings. The number of carbonyl (C=O) groups is 3. The van der Waals surface area contributed by atoms with E-state index in [1.807, 2.05) is 13.8 Å². The van der Waals surface area contributed by atoms with Crippen LogP contribution in [0.2, 0.25) is 0 Å². The highest BCUT2D eigenvalue weighted by Crippen LogP contribution is 2.24. The van der Waals surface area contributed by atoms with E-state index in [2.05, 4.69) is 10.3 Å². The summed E-state index contributed by atoms with van der Waals surface area (Å²) < 4.78 is 7.16. The molecule has 150 valence electrons. The molecule has 3 rings (SSSR count). The average Bonchev–Trinajstić information content (AvgIpc) is 3.07. The van der Waals surface area contributed by atoms with Gasteiger partial charge in [0.1, 0.15) is 5.69 Å². The lowest BCUT2D eigenvalue weighted by Crippen LogP contribution is -2.17. The Bertz CT molecular complexity index is 1090. The van der Waals surface area contributed by atoms with E-state index in [1.165, 1.54) is 12.1 Å². The zero-order valence-corrected chi connectivity index (χ0v) is 15.8. The molecule has 0 saturated carbocycles. The first-order chi connectivity index (χ1) is 13.8. The Morgan fingerprint density at radius 3 is 2.31 bits per heavy atom. The number of carbonyl (C=O) groups excluding carboxylic acids is 1. The fourth-order valence-corrected chi connectivity index (χ4v) is 2.98. The second kappa shape index (κ2) is 8.01. The lowest BCUT2D eigenvalue weighted by Gasteiger charge is -2.09. The van der Waals surface area contributed by atoms with E-state index in [0.29, 0.717) is 30.1 Å². The molecule has 1 aromatic carbocycles. The number of aromatic nitrogens is 2. The van der Waals surface area contributed by atoms with Crippen LogP contribution in [0, 0.1) is 0 Å². The molecule has 0 aliphatic heterocycles. The van der Waals surface area contributed by atoms with Gasteiger partial charge >= 0.3 is 11.9 Å². The molecule has 2 aromatic heterocycles. The average molecular weight is 397 g/mol. The molecule has 0 fully saturated rings. The Balaban J connectivity index is 2.06. The van der Waals surface area contributed by atoms with E-state index in [4.69, 9.17) is 4.74 Å². The van der Waals surface area contributed by atoms with Gasteiger partial charge in [-0.3, -0.25) is 9.20 Å². The minimum atomic E-state index is -1.30. The number of fused-ring (bicyclic) bond motifs is 1. The summed E-state index contributed by atoms with van der Waals surface area (Å²) in [5.74, 6) is -2.60. The number of carboxylic acids is 2. The molecule has 2 heterocycles. The van der Waals surface area contributed by atoms with Gasteiger partial charge in [-0.05, 0) is 43.7 Å². The number of aromatic carboxylic acids is 2. The second-order valence-corrected chi connectivity index (χ2v) is 6.12. The Morgan fingerprint density at radius 1 is 1.10 bits per heavy atom. The van der Waals surface area contributed by atoms with E-state index in [0.717, 1.165) is 6.07 Å². The van der Waals surface area contributed by atoms with Gasteiger partial charge in [-0.2, -0.15) is 0 Å². The van der Waals surface area contributed by atoms with E-state index in [9.17, 15) is 24.6 Å². The maximum absolute atomic E-state index is 13.0. The number of amides is 1. The number of pyridine rings is 1. The minimum absolute atomic E-state index is 0.0604. The summed E-state index contributed by atoms with van der Waals surface area (Å²) in [5, 5.41) is 21.0. The summed E-state index contributed by atoms with van der Waals surface area (Å²) in [4.78, 5) is 40.1. The zero-order chi connectivity index (χ0) is 21.1. The Labute approximate surface area is 165 Å². The molecule has 9 heteroatoms. The van der Waals surface area contributed by atoms with Crippen molar-refractivity contribution in [3.63, 3.8) is 0 Å². The summed E-state index contributed by atoms with van der Waals surface area (Å²) in [6, 6.07) is 6.91. The monoisotopic (exact) mass is 397 g/mol. The number of carboxylic acid groups (broad SMARTS) is 2. The quantitative estimate of drug-likeness (QED) is 0.559. The van der Waals surface area contributed by atoms with E-state index < -0.39 is 17.8 Å². The Kier molecular flexibility index (Phi) is 5.49. The van der Waals surface area contributed by atoms with Crippen molar-refractivity contribution in [1.82, 2.24) is 9.38 Å². The zero-order valence-electron chi connectivity index (χ0n) is 15.8. The summed E-state index contributed by atoms with van der Waals surface area (Å²) in [6.45, 7) is 4.14. The van der Waals surface area contributed by atoms with Crippen molar-refractivity contribution in [3.8, 4) is 5.75 Å². The van der Waals surface area contributed by atoms with Crippen LogP contribution < -0.4 is 10.1 Å². The van der Waals surface area contributed by atoms with Crippen molar-refractivity contribution in [2.75, 3.05) is 11.9 Å². The fraction of sp³-hybridized carbons (Fsp3) is 0.200. The van der Waals surface area contributed by atoms with E-state index >= 15 is 0 Å². The van der Waals surface area contributed by atoms with E-state index in [-0.39, 0.29) is 22.5 Å². The highest BCUT2D eigenvalue weighted by Gasteiger charge is 2.21. The van der Waals surface area contributed by atoms with Crippen LogP contribution in [-0.2, 0) is 6.42 Å². The van der Waals surface area contributed by atoms with Gasteiger partial charge in [0.2, 0.25) is 0 Å². The number of rotatable bonds is 7. The first kappa shape index (κ1) is 19.9. The minimum Gasteiger partial charge on any atom is -0.490 e. The van der Waals surface area contributed by atoms with Crippen molar-refractivity contribution in [1.29, 1.82) is 0 Å². The highest BCUT2D eigenvalue weighted by molar-refractivity contribution is 6.06. The predicted molar refractivity (Wildman–Crippen MR) is 104 cm³/mol. The molecule has 3 N–H and O–H groups in total. The normalized spacial score (nSPS) is 10.7. The first-order valence-electron chi connectivity index (χ1n) is 8.91. The number of anilines is 1. The molecule has 0 spiro atoms. The van der Waals surface area contributed by atoms with Crippen LogP contribution in [0.25, 0.3) is 5.65 Å². The molecule has 0 aliphatic carbocycles. The van der Waals surface area contributed by atoms with Crippen molar-refractivity contribution >= 4 is 29.2 Å². The predicted octanol–water partition coefficient (Wildman–Crippen LogP) is 2.94. The van der Waals surface area contributed by atoms with Crippen LogP contribution >= 0.6 is 0 Å². The molecule has 0 bridgehead atoms. The number of benzene rings is 1. The standard InChI is InChI=1S/C20H19N3O6/c1-3-14-16(23-7-5-6-15(29-4-2)17(23)22-14)18(24)21-13-9-11(19(25)26)8-12(10-13)20(27)28/h5-10H,3-4H2,1-2H3,(H,21,24)(H,25,26)(H,27,28). The topological polar surface area (TPSA) is 130 Å². The van der Waals surface area contributed by atoms with E-state index in [1.54, 1.807) is 22.7 Å². The molecule has 1 amide bonds. The van der Waals surface area contributed by atoms with Crippen molar-refractivity contribution in [2.45, 2.75) is 20.3 Å². The summed E-state index contributed by atoms with van der Waals surface area (Å²) in [6.07, 6.45) is 2.15. The third kappa shape index (κ3) is 3.88. The van der Waals surface area contributed by atoms with Gasteiger partial charge in [0.05, 0.1) is 23.4 Å². The van der Waals surface area contributed by atoms with Gasteiger partial charge in [0.15, 0.2) is 11.4 Å². The van der Waals surface area contributed by atoms with Crippen LogP contribution in [0.3, 0.4) is 0 Å². The number of hydrogen-bond acceptors (Lipinski definition) is 5. The maximum atomic E-state index is 13.0. The molecule has 9 nitrogen and oxygen atoms in total. The molecule has 0 radical (unpaired) electrons. The van der Waals surface area contributed by atoms with Crippen LogP contribution in [0.5, 0.6) is 5.75 Å². The molecule has 0 unspecified atom stereocenters. The summed E-state index contributed by atoms with van der Waals surface area (Å²) >= 11 is 0. The molecule has 0 atom stereocenters. The largest absolute Gasteiger partial charge is 0.490 e. The Hall–Kier alpha value is -3.88. The van der Waals surface area contributed by atoms with Crippen LogP contribution in [-0.4, -0.2) is 44.1 Å². The maximum Gasteiger partial charge on any atom is 0.335 e. The lowest BCUT2D eigenvalue weighted by atomic mass is 10.1. The van der Waals surface area contributed by atoms with Crippen molar-refractivity contribution < 1.29 is 29.3 Å².